The smallest absolute Gasteiger partial charge is 0.307 e. The van der Waals surface area contributed by atoms with Crippen molar-refractivity contribution < 1.29 is 29.3 Å². The van der Waals surface area contributed by atoms with Crippen LogP contribution in [0, 0.1) is 0 Å². The van der Waals surface area contributed by atoms with Gasteiger partial charge < -0.3 is 25.0 Å². The molecule has 0 saturated heterocycles. The molecule has 1 amide bonds. The maximum atomic E-state index is 12.6. The molecule has 0 aromatic heterocycles. The Labute approximate surface area is 163 Å². The maximum Gasteiger partial charge on any atom is 0.307 e. The molecule has 150 valence electrons. The largest absolute Gasteiger partial charge is 0.506 e. The molecule has 7 heteroatoms. The Kier molecular flexibility index (Phi) is 7.68. The molecular formula is C21H25NO6. The van der Waals surface area contributed by atoms with E-state index in [1.807, 2.05) is 6.92 Å². The van der Waals surface area contributed by atoms with Crippen LogP contribution < -0.4 is 14.8 Å². The fourth-order valence-corrected chi connectivity index (χ4v) is 2.53. The van der Waals surface area contributed by atoms with Crippen molar-refractivity contribution in [3.8, 4) is 17.2 Å². The molecule has 0 atom stereocenters. The van der Waals surface area contributed by atoms with E-state index < -0.39 is 11.9 Å². The minimum absolute atomic E-state index is 0.144. The van der Waals surface area contributed by atoms with Crippen molar-refractivity contribution in [3.63, 3.8) is 0 Å². The van der Waals surface area contributed by atoms with Crippen LogP contribution in [-0.4, -0.2) is 35.3 Å². The fraction of sp³-hybridized carbons (Fsp3) is 0.333. The van der Waals surface area contributed by atoms with Crippen LogP contribution in [0.1, 0.15) is 42.6 Å². The van der Waals surface area contributed by atoms with Crippen molar-refractivity contribution in [1.82, 2.24) is 0 Å². The van der Waals surface area contributed by atoms with E-state index in [4.69, 9.17) is 14.6 Å². The Bertz CT molecular complexity index is 834. The first-order valence-electron chi connectivity index (χ1n) is 9.19. The molecule has 0 radical (unpaired) electrons. The number of aromatic hydroxyl groups is 1. The predicted molar refractivity (Wildman–Crippen MR) is 105 cm³/mol. The Morgan fingerprint density at radius 3 is 2.50 bits per heavy atom. The van der Waals surface area contributed by atoms with Crippen molar-refractivity contribution in [2.24, 2.45) is 0 Å². The van der Waals surface area contributed by atoms with Crippen molar-refractivity contribution >= 4 is 17.6 Å². The highest BCUT2D eigenvalue weighted by atomic mass is 16.5. The summed E-state index contributed by atoms with van der Waals surface area (Å²) < 4.78 is 11.3. The number of unbranched alkanes of at least 4 members (excludes halogenated alkanes) is 1. The second-order valence-electron chi connectivity index (χ2n) is 6.17. The van der Waals surface area contributed by atoms with E-state index in [1.54, 1.807) is 18.2 Å². The van der Waals surface area contributed by atoms with Crippen LogP contribution in [0.2, 0.25) is 0 Å². The van der Waals surface area contributed by atoms with Gasteiger partial charge in [0.15, 0.2) is 11.5 Å². The molecule has 3 N–H and O–H groups in total. The zero-order valence-corrected chi connectivity index (χ0v) is 16.0. The van der Waals surface area contributed by atoms with E-state index >= 15 is 0 Å². The number of hydrogen-bond acceptors (Lipinski definition) is 5. The first kappa shape index (κ1) is 21.1. The highest BCUT2D eigenvalue weighted by molar-refractivity contribution is 6.05. The lowest BCUT2D eigenvalue weighted by atomic mass is 10.1. The van der Waals surface area contributed by atoms with Gasteiger partial charge in [0.05, 0.1) is 25.3 Å². The average Bonchev–Trinajstić information content (AvgIpc) is 2.65. The lowest BCUT2D eigenvalue weighted by molar-refractivity contribution is -0.136. The minimum atomic E-state index is -0.997. The monoisotopic (exact) mass is 387 g/mol. The Balaban J connectivity index is 2.19. The summed E-state index contributed by atoms with van der Waals surface area (Å²) in [5.74, 6) is -0.563. The molecule has 0 heterocycles. The fourth-order valence-electron chi connectivity index (χ4n) is 2.53. The minimum Gasteiger partial charge on any atom is -0.506 e. The van der Waals surface area contributed by atoms with Crippen molar-refractivity contribution in [2.75, 3.05) is 18.5 Å². The first-order valence-corrected chi connectivity index (χ1v) is 9.19. The standard InChI is InChI=1S/C21H25NO6/c1-3-5-10-28-18-9-7-15(13-19(18)27-4-2)21(26)22-16-11-14(12-20(24)25)6-8-17(16)23/h6-9,11,13,23H,3-5,10,12H2,1-2H3,(H,22,26)(H,24,25). The topological polar surface area (TPSA) is 105 Å². The summed E-state index contributed by atoms with van der Waals surface area (Å²) in [6.45, 7) is 4.90. The van der Waals surface area contributed by atoms with Crippen LogP contribution in [-0.2, 0) is 11.2 Å². The van der Waals surface area contributed by atoms with E-state index in [-0.39, 0.29) is 17.9 Å². The molecule has 0 aliphatic carbocycles. The number of benzene rings is 2. The first-order chi connectivity index (χ1) is 13.4. The third-order valence-corrected chi connectivity index (χ3v) is 3.93. The lowest BCUT2D eigenvalue weighted by Crippen LogP contribution is -2.13. The molecule has 0 aliphatic heterocycles. The van der Waals surface area contributed by atoms with Gasteiger partial charge in [0.25, 0.3) is 5.91 Å². The van der Waals surface area contributed by atoms with Crippen LogP contribution >= 0.6 is 0 Å². The molecule has 0 fully saturated rings. The van der Waals surface area contributed by atoms with Crippen LogP contribution in [0.15, 0.2) is 36.4 Å². The predicted octanol–water partition coefficient (Wildman–Crippen LogP) is 3.85. The van der Waals surface area contributed by atoms with Gasteiger partial charge in [-0.25, -0.2) is 0 Å². The zero-order chi connectivity index (χ0) is 20.5. The molecule has 7 nitrogen and oxygen atoms in total. The molecule has 28 heavy (non-hydrogen) atoms. The number of phenolic OH excluding ortho intramolecular Hbond substituents is 1. The normalized spacial score (nSPS) is 10.4. The second kappa shape index (κ2) is 10.2. The molecule has 2 aromatic carbocycles. The van der Waals surface area contributed by atoms with Gasteiger partial charge in [-0.3, -0.25) is 9.59 Å². The SMILES string of the molecule is CCCCOc1ccc(C(=O)Nc2cc(CC(=O)O)ccc2O)cc1OCC. The Morgan fingerprint density at radius 2 is 1.82 bits per heavy atom. The summed E-state index contributed by atoms with van der Waals surface area (Å²) in [5.41, 5.74) is 0.939. The van der Waals surface area contributed by atoms with Crippen LogP contribution in [0.5, 0.6) is 17.2 Å². The summed E-state index contributed by atoms with van der Waals surface area (Å²) >= 11 is 0. The van der Waals surface area contributed by atoms with Crippen LogP contribution in [0.4, 0.5) is 5.69 Å². The van der Waals surface area contributed by atoms with Gasteiger partial charge in [-0.05, 0) is 49.2 Å². The van der Waals surface area contributed by atoms with Gasteiger partial charge in [0.1, 0.15) is 5.75 Å². The number of carboxylic acid groups (broad SMARTS) is 1. The number of carbonyl (C=O) groups is 2. The van der Waals surface area contributed by atoms with Crippen LogP contribution in [0.25, 0.3) is 0 Å². The summed E-state index contributed by atoms with van der Waals surface area (Å²) in [6.07, 6.45) is 1.72. The van der Waals surface area contributed by atoms with Gasteiger partial charge in [0, 0.05) is 5.56 Å². The van der Waals surface area contributed by atoms with E-state index in [0.717, 1.165) is 12.8 Å². The van der Waals surface area contributed by atoms with Crippen LogP contribution in [0.3, 0.4) is 0 Å². The number of aliphatic carboxylic acids is 1. The number of phenols is 1. The Hall–Kier alpha value is -3.22. The van der Waals surface area contributed by atoms with Crippen molar-refractivity contribution in [2.45, 2.75) is 33.1 Å². The van der Waals surface area contributed by atoms with Gasteiger partial charge >= 0.3 is 5.97 Å². The highest BCUT2D eigenvalue weighted by Crippen LogP contribution is 2.30. The lowest BCUT2D eigenvalue weighted by Gasteiger charge is -2.14. The van der Waals surface area contributed by atoms with Gasteiger partial charge in [-0.15, -0.1) is 0 Å². The molecule has 0 aliphatic rings. The number of amides is 1. The molecule has 0 bridgehead atoms. The number of nitrogens with one attached hydrogen (secondary N) is 1. The van der Waals surface area contributed by atoms with Gasteiger partial charge in [-0.2, -0.15) is 0 Å². The zero-order valence-electron chi connectivity index (χ0n) is 16.0. The van der Waals surface area contributed by atoms with E-state index in [9.17, 15) is 14.7 Å². The summed E-state index contributed by atoms with van der Waals surface area (Å²) in [7, 11) is 0. The van der Waals surface area contributed by atoms with Crippen molar-refractivity contribution in [1.29, 1.82) is 0 Å². The van der Waals surface area contributed by atoms with E-state index in [2.05, 4.69) is 12.2 Å². The van der Waals surface area contributed by atoms with Gasteiger partial charge in [0.2, 0.25) is 0 Å². The molecule has 0 spiro atoms. The number of ether oxygens (including phenoxy) is 2. The summed E-state index contributed by atoms with van der Waals surface area (Å²) in [5, 5.41) is 21.5. The third kappa shape index (κ3) is 5.90. The number of carbonyl (C=O) groups excluding carboxylic acids is 1. The molecule has 2 rings (SSSR count). The Morgan fingerprint density at radius 1 is 1.04 bits per heavy atom. The summed E-state index contributed by atoms with van der Waals surface area (Å²) in [4.78, 5) is 23.5. The molecular weight excluding hydrogens is 362 g/mol. The highest BCUT2D eigenvalue weighted by Gasteiger charge is 2.14. The quantitative estimate of drug-likeness (QED) is 0.422. The maximum absolute atomic E-state index is 12.6. The van der Waals surface area contributed by atoms with E-state index in [0.29, 0.717) is 35.8 Å². The number of hydrogen-bond donors (Lipinski definition) is 3. The van der Waals surface area contributed by atoms with Gasteiger partial charge in [-0.1, -0.05) is 19.4 Å². The molecule has 0 unspecified atom stereocenters. The third-order valence-electron chi connectivity index (χ3n) is 3.93. The number of anilines is 1. The van der Waals surface area contributed by atoms with E-state index in [1.165, 1.54) is 18.2 Å². The number of rotatable bonds is 10. The molecule has 0 saturated carbocycles. The second-order valence-corrected chi connectivity index (χ2v) is 6.17. The molecule has 2 aromatic rings. The number of carboxylic acids is 1. The summed E-state index contributed by atoms with van der Waals surface area (Å²) in [6, 6.07) is 9.15. The average molecular weight is 387 g/mol. The van der Waals surface area contributed by atoms with Crippen molar-refractivity contribution in [3.05, 3.63) is 47.5 Å².